The summed E-state index contributed by atoms with van der Waals surface area (Å²) in [5.74, 6) is -0.545. The molecule has 0 aromatic heterocycles. The van der Waals surface area contributed by atoms with Crippen LogP contribution in [-0.2, 0) is 6.42 Å². The minimum absolute atomic E-state index is 0.272. The highest BCUT2D eigenvalue weighted by molar-refractivity contribution is 14.1. The highest BCUT2D eigenvalue weighted by Crippen LogP contribution is 2.36. The van der Waals surface area contributed by atoms with Crippen LogP contribution in [0.2, 0.25) is 0 Å². The molecule has 0 radical (unpaired) electrons. The van der Waals surface area contributed by atoms with Gasteiger partial charge in [-0.1, -0.05) is 48.5 Å². The van der Waals surface area contributed by atoms with E-state index in [0.29, 0.717) is 6.42 Å². The molecular weight excluding hydrogens is 978 g/mol. The van der Waals surface area contributed by atoms with Crippen molar-refractivity contribution in [2.24, 2.45) is 0 Å². The van der Waals surface area contributed by atoms with Crippen LogP contribution in [0.5, 0.6) is 11.5 Å². The van der Waals surface area contributed by atoms with E-state index >= 15 is 0 Å². The Kier molecular flexibility index (Phi) is 9.88. The zero-order valence-corrected chi connectivity index (χ0v) is 27.9. The third-order valence-electron chi connectivity index (χ3n) is 5.50. The first kappa shape index (κ1) is 30.9. The maximum absolute atomic E-state index is 12.5. The molecule has 0 heterocycles. The largest absolute Gasteiger partial charge is 0.573 e. The van der Waals surface area contributed by atoms with Crippen LogP contribution in [0.3, 0.4) is 0 Å². The van der Waals surface area contributed by atoms with Gasteiger partial charge >= 0.3 is 12.7 Å². The topological polar surface area (TPSA) is 18.5 Å². The second-order valence-electron chi connectivity index (χ2n) is 8.12. The average molecular weight is 992 g/mol. The maximum Gasteiger partial charge on any atom is 0.573 e. The van der Waals surface area contributed by atoms with Crippen molar-refractivity contribution < 1.29 is 35.8 Å². The van der Waals surface area contributed by atoms with Crippen molar-refractivity contribution in [3.63, 3.8) is 0 Å². The minimum atomic E-state index is -4.74. The second-order valence-corrected chi connectivity index (χ2v) is 12.4. The van der Waals surface area contributed by atoms with Gasteiger partial charge in [0.1, 0.15) is 11.5 Å². The van der Waals surface area contributed by atoms with Crippen molar-refractivity contribution in [3.05, 3.63) is 98.2 Å². The molecule has 4 aromatic carbocycles. The highest BCUT2D eigenvalue weighted by Gasteiger charge is 2.31. The fraction of sp³-hybridized carbons (Fsp3) is 0.111. The van der Waals surface area contributed by atoms with Gasteiger partial charge in [-0.05, 0) is 154 Å². The van der Waals surface area contributed by atoms with Gasteiger partial charge in [-0.25, -0.2) is 0 Å². The van der Waals surface area contributed by atoms with Crippen molar-refractivity contribution in [1.29, 1.82) is 0 Å². The number of hydrogen-bond acceptors (Lipinski definition) is 2. The summed E-state index contributed by atoms with van der Waals surface area (Å²) in [6.45, 7) is 0. The third-order valence-corrected chi connectivity index (χ3v) is 12.3. The minimum Gasteiger partial charge on any atom is -0.406 e. The Hall–Kier alpha value is -1.02. The molecule has 0 unspecified atom stereocenters. The maximum atomic E-state index is 12.5. The molecule has 0 atom stereocenters. The molecule has 0 saturated heterocycles. The van der Waals surface area contributed by atoms with Crippen LogP contribution < -0.4 is 9.47 Å². The second kappa shape index (κ2) is 12.5. The van der Waals surface area contributed by atoms with E-state index in [-0.39, 0.29) is 11.5 Å². The molecule has 2 nitrogen and oxygen atoms in total. The van der Waals surface area contributed by atoms with Gasteiger partial charge in [0.2, 0.25) is 0 Å². The van der Waals surface area contributed by atoms with Gasteiger partial charge in [-0.3, -0.25) is 0 Å². The summed E-state index contributed by atoms with van der Waals surface area (Å²) >= 11 is 9.05. The van der Waals surface area contributed by atoms with Gasteiger partial charge in [0.25, 0.3) is 0 Å². The van der Waals surface area contributed by atoms with Gasteiger partial charge in [-0.2, -0.15) is 0 Å². The molecule has 0 saturated carbocycles. The summed E-state index contributed by atoms with van der Waals surface area (Å²) in [6.07, 6.45) is -8.83. The van der Waals surface area contributed by atoms with Gasteiger partial charge in [-0.15, -0.1) is 26.3 Å². The van der Waals surface area contributed by atoms with Crippen LogP contribution in [0.15, 0.2) is 72.8 Å². The molecule has 0 bridgehead atoms. The number of rotatable bonds is 6. The van der Waals surface area contributed by atoms with Gasteiger partial charge in [0.15, 0.2) is 0 Å². The molecule has 0 spiro atoms. The van der Waals surface area contributed by atoms with Crippen LogP contribution >= 0.6 is 90.4 Å². The zero-order valence-electron chi connectivity index (χ0n) is 19.2. The highest BCUT2D eigenvalue weighted by atomic mass is 127. The van der Waals surface area contributed by atoms with Crippen molar-refractivity contribution in [2.75, 3.05) is 0 Å². The van der Waals surface area contributed by atoms with Crippen molar-refractivity contribution >= 4 is 90.4 Å². The molecule has 0 aliphatic rings. The smallest absolute Gasteiger partial charge is 0.406 e. The molecule has 0 amide bonds. The molecular formula is C27H14F6I4O2. The van der Waals surface area contributed by atoms with E-state index in [2.05, 4.69) is 99.8 Å². The number of benzene rings is 4. The first-order chi connectivity index (χ1) is 18.2. The lowest BCUT2D eigenvalue weighted by Crippen LogP contribution is -2.16. The van der Waals surface area contributed by atoms with E-state index in [0.717, 1.165) is 47.7 Å². The summed E-state index contributed by atoms with van der Waals surface area (Å²) in [4.78, 5) is 0. The predicted molar refractivity (Wildman–Crippen MR) is 171 cm³/mol. The molecule has 0 N–H and O–H groups in total. The SMILES string of the molecule is FC(F)(F)Oc1ccc(-c2ccc(Cc3ccc(-c4ccc(OC(F)(F)F)cc4)c(I)c3I)c(I)c2I)cc1. The molecule has 4 aromatic rings. The molecule has 0 fully saturated rings. The Morgan fingerprint density at radius 1 is 0.462 bits per heavy atom. The fourth-order valence-electron chi connectivity index (χ4n) is 3.78. The average Bonchev–Trinajstić information content (AvgIpc) is 2.84. The summed E-state index contributed by atoms with van der Waals surface area (Å²) in [6, 6.07) is 19.5. The van der Waals surface area contributed by atoms with Crippen molar-refractivity contribution in [3.8, 4) is 33.8 Å². The molecule has 39 heavy (non-hydrogen) atoms. The first-order valence-corrected chi connectivity index (χ1v) is 15.2. The lowest BCUT2D eigenvalue weighted by atomic mass is 9.98. The molecule has 204 valence electrons. The summed E-state index contributed by atoms with van der Waals surface area (Å²) < 4.78 is 86.8. The quantitative estimate of drug-likeness (QED) is 0.142. The van der Waals surface area contributed by atoms with Crippen molar-refractivity contribution in [1.82, 2.24) is 0 Å². The number of ether oxygens (including phenoxy) is 2. The molecule has 12 heteroatoms. The van der Waals surface area contributed by atoms with Crippen LogP contribution in [0.4, 0.5) is 26.3 Å². The van der Waals surface area contributed by atoms with Crippen molar-refractivity contribution in [2.45, 2.75) is 19.1 Å². The molecule has 0 aliphatic heterocycles. The summed E-state index contributed by atoms with van der Waals surface area (Å²) in [5.41, 5.74) is 5.55. The Balaban J connectivity index is 1.56. The lowest BCUT2D eigenvalue weighted by Gasteiger charge is -2.15. The zero-order chi connectivity index (χ0) is 28.5. The van der Waals surface area contributed by atoms with Crippen LogP contribution in [0, 0.1) is 14.3 Å². The van der Waals surface area contributed by atoms with E-state index in [4.69, 9.17) is 0 Å². The number of halogens is 10. The van der Waals surface area contributed by atoms with E-state index in [1.807, 2.05) is 24.3 Å². The fourth-order valence-corrected chi connectivity index (χ4v) is 6.77. The van der Waals surface area contributed by atoms with E-state index < -0.39 is 12.7 Å². The predicted octanol–water partition coefficient (Wildman–Crippen LogP) is 10.8. The normalized spacial score (nSPS) is 11.9. The van der Waals surface area contributed by atoms with Gasteiger partial charge in [0, 0.05) is 14.3 Å². The lowest BCUT2D eigenvalue weighted by molar-refractivity contribution is -0.275. The van der Waals surface area contributed by atoms with Gasteiger partial charge in [0.05, 0.1) is 0 Å². The summed E-state index contributed by atoms with van der Waals surface area (Å²) in [5, 5.41) is 0. The summed E-state index contributed by atoms with van der Waals surface area (Å²) in [7, 11) is 0. The Morgan fingerprint density at radius 2 is 0.795 bits per heavy atom. The Morgan fingerprint density at radius 3 is 1.10 bits per heavy atom. The monoisotopic (exact) mass is 992 g/mol. The van der Waals surface area contributed by atoms with E-state index in [1.165, 1.54) is 24.3 Å². The number of alkyl halides is 6. The number of hydrogen-bond donors (Lipinski definition) is 0. The van der Waals surface area contributed by atoms with Crippen LogP contribution in [0.25, 0.3) is 22.3 Å². The first-order valence-electron chi connectivity index (χ1n) is 10.9. The Labute approximate surface area is 274 Å². The standard InChI is InChI=1S/C27H14F6I4O2/c28-26(29,30)38-18-7-1-14(2-8-18)20-11-5-16(22(34)24(20)36)13-17-6-12-21(25(37)23(17)35)15-3-9-19(10-4-15)39-27(31,32)33/h1-12H,13H2. The van der Waals surface area contributed by atoms with Gasteiger partial charge < -0.3 is 9.47 Å². The molecule has 0 aliphatic carbocycles. The van der Waals surface area contributed by atoms with E-state index in [1.54, 1.807) is 24.3 Å². The molecule has 4 rings (SSSR count). The Bertz CT molecular complexity index is 1370. The van der Waals surface area contributed by atoms with Crippen LogP contribution in [0.1, 0.15) is 11.1 Å². The van der Waals surface area contributed by atoms with Crippen LogP contribution in [-0.4, -0.2) is 12.7 Å². The third kappa shape index (κ3) is 8.05. The van der Waals surface area contributed by atoms with E-state index in [9.17, 15) is 26.3 Å².